The molecule has 1 saturated heterocycles. The summed E-state index contributed by atoms with van der Waals surface area (Å²) in [7, 11) is 2.05. The van der Waals surface area contributed by atoms with Crippen LogP contribution in [0.4, 0.5) is 0 Å². The number of hydrogen-bond acceptors (Lipinski definition) is 3. The average molecular weight is 236 g/mol. The molecular formula is C13H24N4. The molecule has 0 amide bonds. The monoisotopic (exact) mass is 236 g/mol. The van der Waals surface area contributed by atoms with Gasteiger partial charge in [-0.1, -0.05) is 0 Å². The van der Waals surface area contributed by atoms with Crippen LogP contribution in [0.15, 0.2) is 12.3 Å². The topological polar surface area (TPSA) is 33.1 Å². The Morgan fingerprint density at radius 1 is 1.53 bits per heavy atom. The molecule has 2 rings (SSSR count). The van der Waals surface area contributed by atoms with Gasteiger partial charge in [-0.25, -0.2) is 0 Å². The zero-order chi connectivity index (χ0) is 12.1. The van der Waals surface area contributed by atoms with Crippen molar-refractivity contribution < 1.29 is 0 Å². The minimum atomic E-state index is 0.812. The average Bonchev–Trinajstić information content (AvgIpc) is 2.77. The first kappa shape index (κ1) is 12.6. The van der Waals surface area contributed by atoms with Crippen LogP contribution in [0.2, 0.25) is 0 Å². The van der Waals surface area contributed by atoms with E-state index < -0.39 is 0 Å². The Kier molecular flexibility index (Phi) is 4.57. The first-order valence-corrected chi connectivity index (χ1v) is 6.71. The van der Waals surface area contributed by atoms with Crippen molar-refractivity contribution in [2.75, 3.05) is 26.7 Å². The molecule has 0 saturated carbocycles. The van der Waals surface area contributed by atoms with Crippen molar-refractivity contribution in [1.82, 2.24) is 20.0 Å². The molecular weight excluding hydrogens is 212 g/mol. The highest BCUT2D eigenvalue weighted by Crippen LogP contribution is 2.17. The van der Waals surface area contributed by atoms with Gasteiger partial charge in [-0.3, -0.25) is 9.58 Å². The molecule has 2 heterocycles. The lowest BCUT2D eigenvalue weighted by atomic mass is 9.98. The lowest BCUT2D eigenvalue weighted by Crippen LogP contribution is -2.38. The number of hydrogen-bond donors (Lipinski definition) is 1. The molecule has 96 valence electrons. The van der Waals surface area contributed by atoms with E-state index in [1.54, 1.807) is 0 Å². The quantitative estimate of drug-likeness (QED) is 0.837. The number of rotatable bonds is 5. The van der Waals surface area contributed by atoms with Gasteiger partial charge >= 0.3 is 0 Å². The molecule has 17 heavy (non-hydrogen) atoms. The van der Waals surface area contributed by atoms with Crippen LogP contribution in [0.1, 0.15) is 25.5 Å². The third kappa shape index (κ3) is 3.30. The van der Waals surface area contributed by atoms with Gasteiger partial charge in [0.15, 0.2) is 0 Å². The van der Waals surface area contributed by atoms with Crippen molar-refractivity contribution in [2.24, 2.45) is 5.92 Å². The third-order valence-electron chi connectivity index (χ3n) is 3.59. The maximum absolute atomic E-state index is 4.33. The number of aromatic nitrogens is 2. The summed E-state index contributed by atoms with van der Waals surface area (Å²) in [6.45, 7) is 7.76. The number of likely N-dealkylation sites (tertiary alicyclic amines) is 1. The summed E-state index contributed by atoms with van der Waals surface area (Å²) in [5.74, 6) is 0.812. The van der Waals surface area contributed by atoms with E-state index in [0.29, 0.717) is 0 Å². The Morgan fingerprint density at radius 3 is 3.18 bits per heavy atom. The van der Waals surface area contributed by atoms with Gasteiger partial charge in [-0.2, -0.15) is 5.10 Å². The molecule has 0 aromatic carbocycles. The smallest absolute Gasteiger partial charge is 0.0524 e. The zero-order valence-corrected chi connectivity index (χ0v) is 11.0. The molecule has 1 aromatic rings. The summed E-state index contributed by atoms with van der Waals surface area (Å²) < 4.78 is 2.10. The summed E-state index contributed by atoms with van der Waals surface area (Å²) >= 11 is 0. The lowest BCUT2D eigenvalue weighted by molar-refractivity contribution is 0.163. The molecule has 4 heteroatoms. The van der Waals surface area contributed by atoms with Crippen molar-refractivity contribution in [3.8, 4) is 0 Å². The van der Waals surface area contributed by atoms with E-state index in [2.05, 4.69) is 33.0 Å². The summed E-state index contributed by atoms with van der Waals surface area (Å²) in [6.07, 6.45) is 4.60. The van der Waals surface area contributed by atoms with Gasteiger partial charge < -0.3 is 5.32 Å². The van der Waals surface area contributed by atoms with Crippen molar-refractivity contribution in [1.29, 1.82) is 0 Å². The highest BCUT2D eigenvalue weighted by molar-refractivity contribution is 5.00. The standard InChI is InChI=1S/C13H24N4/c1-3-17-13(6-7-15-17)11-16-8-4-5-12(10-16)9-14-2/h6-7,12,14H,3-5,8-11H2,1-2H3. The van der Waals surface area contributed by atoms with Crippen molar-refractivity contribution in [2.45, 2.75) is 32.9 Å². The summed E-state index contributed by atoms with van der Waals surface area (Å²) in [5, 5.41) is 7.63. The van der Waals surface area contributed by atoms with Gasteiger partial charge in [0.2, 0.25) is 0 Å². The fourth-order valence-corrected chi connectivity index (χ4v) is 2.76. The summed E-state index contributed by atoms with van der Waals surface area (Å²) in [4.78, 5) is 2.56. The molecule has 1 unspecified atom stereocenters. The molecule has 1 aromatic heterocycles. The van der Waals surface area contributed by atoms with Gasteiger partial charge in [0.25, 0.3) is 0 Å². The van der Waals surface area contributed by atoms with Crippen LogP contribution in [-0.4, -0.2) is 41.4 Å². The Morgan fingerprint density at radius 2 is 2.41 bits per heavy atom. The first-order valence-electron chi connectivity index (χ1n) is 6.71. The lowest BCUT2D eigenvalue weighted by Gasteiger charge is -2.32. The number of aryl methyl sites for hydroxylation is 1. The predicted octanol–water partition coefficient (Wildman–Crippen LogP) is 1.33. The molecule has 1 N–H and O–H groups in total. The van der Waals surface area contributed by atoms with Gasteiger partial charge in [-0.05, 0) is 51.9 Å². The van der Waals surface area contributed by atoms with Crippen molar-refractivity contribution in [3.05, 3.63) is 18.0 Å². The van der Waals surface area contributed by atoms with E-state index in [-0.39, 0.29) is 0 Å². The van der Waals surface area contributed by atoms with E-state index >= 15 is 0 Å². The predicted molar refractivity (Wildman–Crippen MR) is 69.8 cm³/mol. The van der Waals surface area contributed by atoms with Crippen LogP contribution < -0.4 is 5.32 Å². The van der Waals surface area contributed by atoms with E-state index in [1.807, 2.05) is 13.2 Å². The Labute approximate surface area is 104 Å². The molecule has 4 nitrogen and oxygen atoms in total. The van der Waals surface area contributed by atoms with Crippen LogP contribution in [0.25, 0.3) is 0 Å². The highest BCUT2D eigenvalue weighted by Gasteiger charge is 2.20. The fraction of sp³-hybridized carbons (Fsp3) is 0.769. The Bertz CT molecular complexity index is 332. The largest absolute Gasteiger partial charge is 0.319 e. The molecule has 0 radical (unpaired) electrons. The number of piperidine rings is 1. The second kappa shape index (κ2) is 6.17. The van der Waals surface area contributed by atoms with E-state index in [1.165, 1.54) is 31.6 Å². The SMILES string of the molecule is CCn1nccc1CN1CCCC(CNC)C1. The minimum absolute atomic E-state index is 0.812. The second-order valence-corrected chi connectivity index (χ2v) is 4.94. The Balaban J connectivity index is 1.90. The van der Waals surface area contributed by atoms with Gasteiger partial charge in [0.1, 0.15) is 0 Å². The molecule has 1 aliphatic rings. The van der Waals surface area contributed by atoms with E-state index in [9.17, 15) is 0 Å². The van der Waals surface area contributed by atoms with Gasteiger partial charge in [0, 0.05) is 25.8 Å². The van der Waals surface area contributed by atoms with Crippen LogP contribution in [0.5, 0.6) is 0 Å². The van der Waals surface area contributed by atoms with Crippen molar-refractivity contribution >= 4 is 0 Å². The minimum Gasteiger partial charge on any atom is -0.319 e. The Hall–Kier alpha value is -0.870. The maximum atomic E-state index is 4.33. The third-order valence-corrected chi connectivity index (χ3v) is 3.59. The highest BCUT2D eigenvalue weighted by atomic mass is 15.3. The van der Waals surface area contributed by atoms with Gasteiger partial charge in [-0.15, -0.1) is 0 Å². The first-order chi connectivity index (χ1) is 8.33. The summed E-state index contributed by atoms with van der Waals surface area (Å²) in [6, 6.07) is 2.14. The van der Waals surface area contributed by atoms with E-state index in [4.69, 9.17) is 0 Å². The number of nitrogens with zero attached hydrogens (tertiary/aromatic N) is 3. The number of nitrogens with one attached hydrogen (secondary N) is 1. The van der Waals surface area contributed by atoms with Crippen LogP contribution in [-0.2, 0) is 13.1 Å². The molecule has 0 aliphatic carbocycles. The van der Waals surface area contributed by atoms with Crippen LogP contribution >= 0.6 is 0 Å². The molecule has 1 fully saturated rings. The second-order valence-electron chi connectivity index (χ2n) is 4.94. The summed E-state index contributed by atoms with van der Waals surface area (Å²) in [5.41, 5.74) is 1.35. The van der Waals surface area contributed by atoms with Gasteiger partial charge in [0.05, 0.1) is 5.69 Å². The van der Waals surface area contributed by atoms with Crippen molar-refractivity contribution in [3.63, 3.8) is 0 Å². The molecule has 0 bridgehead atoms. The zero-order valence-electron chi connectivity index (χ0n) is 11.0. The fourth-order valence-electron chi connectivity index (χ4n) is 2.76. The maximum Gasteiger partial charge on any atom is 0.0524 e. The molecule has 0 spiro atoms. The molecule has 1 aliphatic heterocycles. The van der Waals surface area contributed by atoms with Crippen LogP contribution in [0.3, 0.4) is 0 Å². The molecule has 1 atom stereocenters. The van der Waals surface area contributed by atoms with E-state index in [0.717, 1.165) is 25.6 Å². The normalized spacial score (nSPS) is 21.9. The van der Waals surface area contributed by atoms with Crippen LogP contribution in [0, 0.1) is 5.92 Å².